The molecule has 0 aliphatic rings. The number of anilines is 1. The van der Waals surface area contributed by atoms with Crippen molar-refractivity contribution in [2.45, 2.75) is 166 Å². The number of carbonyl (C=O) groups is 8. The topological polar surface area (TPSA) is 295 Å². The molecule has 17 nitrogen and oxygen atoms in total. The summed E-state index contributed by atoms with van der Waals surface area (Å²) in [5, 5.41) is 24.3. The van der Waals surface area contributed by atoms with Crippen molar-refractivity contribution in [2.75, 3.05) is 5.73 Å². The van der Waals surface area contributed by atoms with Crippen LogP contribution in [0.4, 0.5) is 5.69 Å². The molecule has 0 saturated carbocycles. The number of carboxylic acid groups (broad SMARTS) is 1. The maximum atomic E-state index is 14.0. The first kappa shape index (κ1) is 57.7. The van der Waals surface area contributed by atoms with Gasteiger partial charge in [-0.15, -0.1) is 0 Å². The molecule has 0 spiro atoms. The van der Waals surface area contributed by atoms with Gasteiger partial charge in [0.05, 0.1) is 12.5 Å². The average Bonchev–Trinajstić information content (AvgIpc) is 3.31. The van der Waals surface area contributed by atoms with E-state index in [-0.39, 0.29) is 56.4 Å². The fraction of sp³-hybridized carbons (Fsp3) is 0.509. The Balaban J connectivity index is 1.60. The summed E-state index contributed by atoms with van der Waals surface area (Å²) in [4.78, 5) is 102. The number of unbranched alkanes of at least 4 members (excludes halogenated alkanes) is 8. The van der Waals surface area contributed by atoms with Gasteiger partial charge in [0.25, 0.3) is 0 Å². The summed E-state index contributed by atoms with van der Waals surface area (Å²) in [5.41, 5.74) is 20.0. The molecule has 1 unspecified atom stereocenters. The lowest BCUT2D eigenvalue weighted by molar-refractivity contribution is -0.142. The zero-order chi connectivity index (χ0) is 51.3. The lowest BCUT2D eigenvalue weighted by Crippen LogP contribution is -2.57. The number of nitrogens with one attached hydrogen (secondary N) is 5. The Labute approximate surface area is 412 Å². The molecule has 382 valence electrons. The number of amides is 6. The van der Waals surface area contributed by atoms with Crippen molar-refractivity contribution in [3.8, 4) is 0 Å². The molecular formula is C53H76N8O9. The number of carbonyl (C=O) groups excluding carboxylic acids is 7. The van der Waals surface area contributed by atoms with E-state index in [9.17, 15) is 43.5 Å². The molecule has 3 aromatic rings. The molecule has 0 aliphatic heterocycles. The fourth-order valence-corrected chi connectivity index (χ4v) is 8.21. The highest BCUT2D eigenvalue weighted by molar-refractivity contribution is 5.94. The van der Waals surface area contributed by atoms with E-state index in [1.165, 1.54) is 0 Å². The summed E-state index contributed by atoms with van der Waals surface area (Å²) in [6.07, 6.45) is 10.2. The summed E-state index contributed by atoms with van der Waals surface area (Å²) >= 11 is 0. The van der Waals surface area contributed by atoms with Gasteiger partial charge in [0, 0.05) is 43.8 Å². The molecule has 0 aliphatic carbocycles. The Morgan fingerprint density at radius 1 is 0.557 bits per heavy atom. The van der Waals surface area contributed by atoms with Crippen molar-refractivity contribution in [1.29, 1.82) is 0 Å². The molecule has 3 rings (SSSR count). The van der Waals surface area contributed by atoms with Gasteiger partial charge in [-0.2, -0.15) is 0 Å². The van der Waals surface area contributed by atoms with Crippen molar-refractivity contribution in [1.82, 2.24) is 26.6 Å². The Morgan fingerprint density at radius 3 is 1.57 bits per heavy atom. The van der Waals surface area contributed by atoms with Crippen molar-refractivity contribution < 1.29 is 43.5 Å². The summed E-state index contributed by atoms with van der Waals surface area (Å²) in [7, 11) is 0. The third-order valence-corrected chi connectivity index (χ3v) is 12.0. The highest BCUT2D eigenvalue weighted by Gasteiger charge is 2.31. The quantitative estimate of drug-likeness (QED) is 0.0225. The Bertz CT molecular complexity index is 2090. The standard InChI is InChI=1S/C53H76N8O9/c1-36(2)31-43(50(66)59-42(49(56)65)32-37-19-11-9-12-20-37)60-51(67)44(33-39-26-28-40(54)29-27-39)58-48(64)25-17-7-3-5-15-23-41(24-16-6-4-8-18-30-62)57-45(35-47(55)63)52(68)61-46(53(69)70)34-38-21-13-10-14-22-38/h9-14,19-22,26-30,36,41-46,57H,3-8,15-18,23-25,31-35,54H2,1-2H3,(H2,55,63)(H2,56,65)(H,58,64)(H,59,66)(H,60,67)(H,61,68)(H,69,70)/t41?,42-,43-,44-,45-,46-/m0/s1. The number of carboxylic acids is 1. The van der Waals surface area contributed by atoms with Crippen LogP contribution in [0.3, 0.4) is 0 Å². The van der Waals surface area contributed by atoms with E-state index in [4.69, 9.17) is 17.2 Å². The number of aliphatic carboxylic acids is 1. The number of hydrogen-bond donors (Lipinski definition) is 9. The van der Waals surface area contributed by atoms with Gasteiger partial charge >= 0.3 is 5.97 Å². The van der Waals surface area contributed by atoms with Gasteiger partial charge in [-0.1, -0.05) is 132 Å². The number of benzene rings is 3. The molecule has 6 amide bonds. The molecule has 0 aromatic heterocycles. The van der Waals surface area contributed by atoms with Crippen LogP contribution in [0.5, 0.6) is 0 Å². The molecule has 0 radical (unpaired) electrons. The summed E-state index contributed by atoms with van der Waals surface area (Å²) < 4.78 is 0. The van der Waals surface area contributed by atoms with Crippen LogP contribution in [0.2, 0.25) is 0 Å². The molecule has 0 saturated heterocycles. The van der Waals surface area contributed by atoms with Crippen molar-refractivity contribution in [3.05, 3.63) is 102 Å². The van der Waals surface area contributed by atoms with Gasteiger partial charge in [-0.25, -0.2) is 4.79 Å². The zero-order valence-corrected chi connectivity index (χ0v) is 40.9. The zero-order valence-electron chi connectivity index (χ0n) is 40.9. The molecule has 0 heterocycles. The van der Waals surface area contributed by atoms with Crippen LogP contribution >= 0.6 is 0 Å². The first-order valence-electron chi connectivity index (χ1n) is 24.7. The number of rotatable bonds is 36. The molecule has 6 atom stereocenters. The molecule has 70 heavy (non-hydrogen) atoms. The second-order valence-electron chi connectivity index (χ2n) is 18.6. The molecule has 3 aromatic carbocycles. The smallest absolute Gasteiger partial charge is 0.326 e. The van der Waals surface area contributed by atoms with Crippen LogP contribution in [-0.4, -0.2) is 89.1 Å². The van der Waals surface area contributed by atoms with Gasteiger partial charge < -0.3 is 53.7 Å². The van der Waals surface area contributed by atoms with Gasteiger partial charge in [0.15, 0.2) is 0 Å². The summed E-state index contributed by atoms with van der Waals surface area (Å²) in [6, 6.07) is 19.5. The van der Waals surface area contributed by atoms with Crippen LogP contribution in [-0.2, 0) is 57.6 Å². The first-order chi connectivity index (χ1) is 33.5. The maximum Gasteiger partial charge on any atom is 0.326 e. The molecule has 0 fully saturated rings. The lowest BCUT2D eigenvalue weighted by Gasteiger charge is -2.26. The minimum absolute atomic E-state index is 0.0106. The molecule has 12 N–H and O–H groups in total. The average molecular weight is 969 g/mol. The van der Waals surface area contributed by atoms with Crippen LogP contribution in [0.15, 0.2) is 84.9 Å². The maximum absolute atomic E-state index is 14.0. The Hall–Kier alpha value is -6.62. The van der Waals surface area contributed by atoms with Crippen molar-refractivity contribution in [2.24, 2.45) is 17.4 Å². The number of nitrogens with two attached hydrogens (primary N) is 3. The fourth-order valence-electron chi connectivity index (χ4n) is 8.21. The van der Waals surface area contributed by atoms with Crippen LogP contribution < -0.4 is 43.8 Å². The second kappa shape index (κ2) is 32.2. The van der Waals surface area contributed by atoms with Crippen molar-refractivity contribution >= 4 is 53.4 Å². The molecule has 17 heteroatoms. The number of aldehydes is 1. The van der Waals surface area contributed by atoms with E-state index >= 15 is 0 Å². The van der Waals surface area contributed by atoms with E-state index in [2.05, 4.69) is 26.6 Å². The van der Waals surface area contributed by atoms with E-state index in [1.807, 2.05) is 50.2 Å². The van der Waals surface area contributed by atoms with Gasteiger partial charge in [0.1, 0.15) is 30.5 Å². The third kappa shape index (κ3) is 23.6. The first-order valence-corrected chi connectivity index (χ1v) is 24.7. The van der Waals surface area contributed by atoms with E-state index in [0.717, 1.165) is 74.3 Å². The monoisotopic (exact) mass is 969 g/mol. The number of primary amides is 2. The third-order valence-electron chi connectivity index (χ3n) is 12.0. The van der Waals surface area contributed by atoms with Gasteiger partial charge in [-0.3, -0.25) is 28.8 Å². The minimum Gasteiger partial charge on any atom is -0.480 e. The SMILES string of the molecule is CC(C)C[C@H](NC(=O)[C@H](Cc1ccc(N)cc1)NC(=O)CCCCCCCC(CCCCCCC=O)N[C@@H](CC(N)=O)C(=O)N[C@@H](Cc1ccccc1)C(=O)O)C(=O)N[C@@H](Cc1ccccc1)C(N)=O. The van der Waals surface area contributed by atoms with Gasteiger partial charge in [-0.05, 0) is 66.8 Å². The molecule has 0 bridgehead atoms. The minimum atomic E-state index is -1.22. The highest BCUT2D eigenvalue weighted by Crippen LogP contribution is 2.17. The predicted octanol–water partition coefficient (Wildman–Crippen LogP) is 4.32. The van der Waals surface area contributed by atoms with E-state index in [0.29, 0.717) is 31.4 Å². The van der Waals surface area contributed by atoms with E-state index < -0.39 is 65.7 Å². The lowest BCUT2D eigenvalue weighted by atomic mass is 9.98. The second-order valence-corrected chi connectivity index (χ2v) is 18.6. The Kier molecular flexibility index (Phi) is 26.6. The number of nitrogen functional groups attached to an aromatic ring is 1. The van der Waals surface area contributed by atoms with Gasteiger partial charge in [0.2, 0.25) is 35.4 Å². The molecular weight excluding hydrogens is 893 g/mol. The predicted molar refractivity (Wildman–Crippen MR) is 269 cm³/mol. The van der Waals surface area contributed by atoms with Crippen LogP contribution in [0.25, 0.3) is 0 Å². The largest absolute Gasteiger partial charge is 0.480 e. The normalized spacial score (nSPS) is 13.7. The summed E-state index contributed by atoms with van der Waals surface area (Å²) in [6.45, 7) is 3.81. The van der Waals surface area contributed by atoms with Crippen molar-refractivity contribution in [3.63, 3.8) is 0 Å². The van der Waals surface area contributed by atoms with Crippen LogP contribution in [0, 0.1) is 5.92 Å². The Morgan fingerprint density at radius 2 is 1.03 bits per heavy atom. The number of hydrogen-bond acceptors (Lipinski definition) is 10. The summed E-state index contributed by atoms with van der Waals surface area (Å²) in [5.74, 6) is -4.71. The highest BCUT2D eigenvalue weighted by atomic mass is 16.4. The van der Waals surface area contributed by atoms with Crippen LogP contribution in [0.1, 0.15) is 127 Å². The van der Waals surface area contributed by atoms with E-state index in [1.54, 1.807) is 48.5 Å².